The molecule has 1 aromatic rings. The van der Waals surface area contributed by atoms with E-state index in [1.165, 1.54) is 4.90 Å². The van der Waals surface area contributed by atoms with Crippen molar-refractivity contribution in [2.75, 3.05) is 7.05 Å². The molecule has 0 radical (unpaired) electrons. The van der Waals surface area contributed by atoms with E-state index in [-0.39, 0.29) is 17.9 Å². The van der Waals surface area contributed by atoms with Crippen LogP contribution in [0, 0.1) is 6.92 Å². The minimum Gasteiger partial charge on any atom is -0.350 e. The van der Waals surface area contributed by atoms with Gasteiger partial charge in [-0.1, -0.05) is 17.7 Å². The monoisotopic (exact) mass is 280 g/mol. The molecule has 0 aliphatic carbocycles. The molecule has 1 N–H and O–H groups in total. The molecule has 1 aliphatic heterocycles. The van der Waals surface area contributed by atoms with Crippen molar-refractivity contribution in [2.45, 2.75) is 32.4 Å². The van der Waals surface area contributed by atoms with Gasteiger partial charge in [-0.2, -0.15) is 0 Å². The van der Waals surface area contributed by atoms with Gasteiger partial charge in [0.15, 0.2) is 0 Å². The predicted molar refractivity (Wildman–Crippen MR) is 73.8 cm³/mol. The van der Waals surface area contributed by atoms with E-state index in [2.05, 4.69) is 5.32 Å². The molecule has 5 heteroatoms. The first kappa shape index (κ1) is 13.9. The highest BCUT2D eigenvalue weighted by Crippen LogP contribution is 2.18. The second-order valence-electron chi connectivity index (χ2n) is 4.85. The van der Waals surface area contributed by atoms with Crippen molar-refractivity contribution < 1.29 is 9.59 Å². The van der Waals surface area contributed by atoms with E-state index in [0.29, 0.717) is 24.4 Å². The highest BCUT2D eigenvalue weighted by atomic mass is 35.5. The number of likely N-dealkylation sites (tertiary alicyclic amines) is 1. The average Bonchev–Trinajstić information content (AvgIpc) is 2.71. The molecule has 0 aromatic heterocycles. The Morgan fingerprint density at radius 2 is 2.26 bits per heavy atom. The molecule has 102 valence electrons. The third kappa shape index (κ3) is 3.07. The number of halogens is 1. The lowest BCUT2D eigenvalue weighted by Crippen LogP contribution is -2.42. The summed E-state index contributed by atoms with van der Waals surface area (Å²) < 4.78 is 0. The largest absolute Gasteiger partial charge is 0.350 e. The fraction of sp³-hybridized carbons (Fsp3) is 0.429. The van der Waals surface area contributed by atoms with Crippen LogP contribution < -0.4 is 5.32 Å². The van der Waals surface area contributed by atoms with Crippen LogP contribution in [0.15, 0.2) is 18.2 Å². The number of carbonyl (C=O) groups excluding carboxylic acids is 2. The van der Waals surface area contributed by atoms with E-state index < -0.39 is 0 Å². The molecule has 0 bridgehead atoms. The zero-order valence-corrected chi connectivity index (χ0v) is 11.8. The number of carbonyl (C=O) groups is 2. The standard InChI is InChI=1S/C14H17ClN2O2/c1-9-3-4-11(15)7-10(9)8-16-14(19)12-5-6-13(18)17(12)2/h3-4,7,12H,5-6,8H2,1-2H3,(H,16,19)/t12-/m0/s1. The minimum absolute atomic E-state index is 0.0269. The van der Waals surface area contributed by atoms with E-state index >= 15 is 0 Å². The van der Waals surface area contributed by atoms with Crippen molar-refractivity contribution in [1.82, 2.24) is 10.2 Å². The normalized spacial score (nSPS) is 18.8. The van der Waals surface area contributed by atoms with Crippen LogP contribution in [0.2, 0.25) is 5.02 Å². The van der Waals surface area contributed by atoms with Crippen LogP contribution in [0.3, 0.4) is 0 Å². The van der Waals surface area contributed by atoms with Gasteiger partial charge in [-0.15, -0.1) is 0 Å². The molecule has 1 heterocycles. The Labute approximate surface area is 117 Å². The van der Waals surface area contributed by atoms with Gasteiger partial charge in [0.2, 0.25) is 11.8 Å². The molecule has 1 atom stereocenters. The molecule has 0 spiro atoms. The number of nitrogens with one attached hydrogen (secondary N) is 1. The summed E-state index contributed by atoms with van der Waals surface area (Å²) in [5, 5.41) is 3.52. The molecule has 2 amide bonds. The van der Waals surface area contributed by atoms with Crippen LogP contribution in [0.5, 0.6) is 0 Å². The fourth-order valence-corrected chi connectivity index (χ4v) is 2.44. The van der Waals surface area contributed by atoms with Crippen LogP contribution in [0.25, 0.3) is 0 Å². The van der Waals surface area contributed by atoms with Gasteiger partial charge in [-0.05, 0) is 36.6 Å². The van der Waals surface area contributed by atoms with Gasteiger partial charge in [-0.25, -0.2) is 0 Å². The van der Waals surface area contributed by atoms with E-state index in [1.54, 1.807) is 7.05 Å². The van der Waals surface area contributed by atoms with Crippen molar-refractivity contribution >= 4 is 23.4 Å². The Kier molecular flexibility index (Phi) is 4.10. The second-order valence-corrected chi connectivity index (χ2v) is 5.28. The zero-order valence-electron chi connectivity index (χ0n) is 11.1. The Bertz CT molecular complexity index is 516. The molecule has 1 aliphatic rings. The predicted octanol–water partition coefficient (Wildman–Crippen LogP) is 1.89. The third-order valence-corrected chi connectivity index (χ3v) is 3.79. The summed E-state index contributed by atoms with van der Waals surface area (Å²) in [6.07, 6.45) is 1.04. The molecule has 19 heavy (non-hydrogen) atoms. The summed E-state index contributed by atoms with van der Waals surface area (Å²) >= 11 is 5.94. The van der Waals surface area contributed by atoms with Gasteiger partial charge in [0.05, 0.1) is 0 Å². The van der Waals surface area contributed by atoms with E-state index in [9.17, 15) is 9.59 Å². The molecular weight excluding hydrogens is 264 g/mol. The van der Waals surface area contributed by atoms with Gasteiger partial charge in [0.1, 0.15) is 6.04 Å². The molecule has 2 rings (SSSR count). The Morgan fingerprint density at radius 3 is 2.89 bits per heavy atom. The lowest BCUT2D eigenvalue weighted by Gasteiger charge is -2.19. The number of nitrogens with zero attached hydrogens (tertiary/aromatic N) is 1. The van der Waals surface area contributed by atoms with Gasteiger partial charge >= 0.3 is 0 Å². The number of likely N-dealkylation sites (N-methyl/N-ethyl adjacent to an activating group) is 1. The number of aryl methyl sites for hydroxylation is 1. The van der Waals surface area contributed by atoms with Crippen molar-refractivity contribution in [3.63, 3.8) is 0 Å². The van der Waals surface area contributed by atoms with Crippen LogP contribution in [0.1, 0.15) is 24.0 Å². The number of rotatable bonds is 3. The smallest absolute Gasteiger partial charge is 0.243 e. The topological polar surface area (TPSA) is 49.4 Å². The number of amides is 2. The number of benzene rings is 1. The third-order valence-electron chi connectivity index (χ3n) is 3.56. The first-order valence-electron chi connectivity index (χ1n) is 6.27. The Hall–Kier alpha value is -1.55. The van der Waals surface area contributed by atoms with Crippen LogP contribution in [-0.4, -0.2) is 29.8 Å². The maximum atomic E-state index is 12.0. The first-order chi connectivity index (χ1) is 8.99. The number of hydrogen-bond acceptors (Lipinski definition) is 2. The molecular formula is C14H17ClN2O2. The Balaban J connectivity index is 1.97. The van der Waals surface area contributed by atoms with E-state index in [0.717, 1.165) is 11.1 Å². The minimum atomic E-state index is -0.341. The van der Waals surface area contributed by atoms with Crippen molar-refractivity contribution in [2.24, 2.45) is 0 Å². The summed E-state index contributed by atoms with van der Waals surface area (Å²) in [5.74, 6) is -0.0770. The maximum absolute atomic E-state index is 12.0. The summed E-state index contributed by atoms with van der Waals surface area (Å²) in [6.45, 7) is 2.41. The zero-order chi connectivity index (χ0) is 14.0. The fourth-order valence-electron chi connectivity index (χ4n) is 2.24. The van der Waals surface area contributed by atoms with Crippen LogP contribution in [-0.2, 0) is 16.1 Å². The van der Waals surface area contributed by atoms with Crippen molar-refractivity contribution in [3.8, 4) is 0 Å². The summed E-state index contributed by atoms with van der Waals surface area (Å²) in [4.78, 5) is 24.9. The molecule has 0 unspecified atom stereocenters. The van der Waals surface area contributed by atoms with E-state index in [1.807, 2.05) is 25.1 Å². The van der Waals surface area contributed by atoms with Crippen molar-refractivity contribution in [3.05, 3.63) is 34.3 Å². The lowest BCUT2D eigenvalue weighted by molar-refractivity contribution is -0.133. The van der Waals surface area contributed by atoms with Crippen molar-refractivity contribution in [1.29, 1.82) is 0 Å². The summed E-state index contributed by atoms with van der Waals surface area (Å²) in [7, 11) is 1.67. The maximum Gasteiger partial charge on any atom is 0.243 e. The first-order valence-corrected chi connectivity index (χ1v) is 6.65. The van der Waals surface area contributed by atoms with Crippen LogP contribution >= 0.6 is 11.6 Å². The molecule has 1 saturated heterocycles. The Morgan fingerprint density at radius 1 is 1.53 bits per heavy atom. The molecule has 0 saturated carbocycles. The molecule has 1 aromatic carbocycles. The highest BCUT2D eigenvalue weighted by molar-refractivity contribution is 6.30. The summed E-state index contributed by atoms with van der Waals surface area (Å²) in [6, 6.07) is 5.26. The van der Waals surface area contributed by atoms with Gasteiger partial charge in [0, 0.05) is 25.0 Å². The number of hydrogen-bond donors (Lipinski definition) is 1. The molecule has 4 nitrogen and oxygen atoms in total. The van der Waals surface area contributed by atoms with E-state index in [4.69, 9.17) is 11.6 Å². The van der Waals surface area contributed by atoms with Gasteiger partial charge < -0.3 is 10.2 Å². The highest BCUT2D eigenvalue weighted by Gasteiger charge is 2.32. The second kappa shape index (κ2) is 5.61. The molecule has 1 fully saturated rings. The summed E-state index contributed by atoms with van der Waals surface area (Å²) in [5.41, 5.74) is 2.08. The average molecular weight is 281 g/mol. The quantitative estimate of drug-likeness (QED) is 0.919. The SMILES string of the molecule is Cc1ccc(Cl)cc1CNC(=O)[C@@H]1CCC(=O)N1C. The van der Waals surface area contributed by atoms with Gasteiger partial charge in [0.25, 0.3) is 0 Å². The lowest BCUT2D eigenvalue weighted by atomic mass is 10.1. The van der Waals surface area contributed by atoms with Crippen LogP contribution in [0.4, 0.5) is 0 Å². The van der Waals surface area contributed by atoms with Gasteiger partial charge in [-0.3, -0.25) is 9.59 Å².